The van der Waals surface area contributed by atoms with Gasteiger partial charge < -0.3 is 10.2 Å². The van der Waals surface area contributed by atoms with Gasteiger partial charge in [-0.05, 0) is 50.6 Å². The Morgan fingerprint density at radius 2 is 2.00 bits per heavy atom. The number of nitrogens with zero attached hydrogens (tertiary/aromatic N) is 3. The molecule has 1 N–H and O–H groups in total. The zero-order valence-corrected chi connectivity index (χ0v) is 16.6. The molecule has 2 aliphatic heterocycles. The average Bonchev–Trinajstić information content (AvgIpc) is 2.94. The Hall–Kier alpha value is -0.0400. The largest absolute Gasteiger partial charge is 0.355 e. The number of guanidine groups is 1. The minimum absolute atomic E-state index is 0. The van der Waals surface area contributed by atoms with E-state index in [1.807, 2.05) is 7.05 Å². The van der Waals surface area contributed by atoms with E-state index in [0.717, 1.165) is 12.5 Å². The minimum Gasteiger partial charge on any atom is -0.355 e. The SMILES string of the molecule is CCN1CCCCC1CNC(=NC)N1CCC2(CCC2)C1.I. The Labute approximate surface area is 153 Å². The predicted octanol–water partition coefficient (Wildman–Crippen LogP) is 2.93. The van der Waals surface area contributed by atoms with E-state index in [9.17, 15) is 0 Å². The molecule has 1 saturated carbocycles. The molecule has 1 spiro atoms. The molecule has 2 heterocycles. The van der Waals surface area contributed by atoms with Crippen LogP contribution in [0.5, 0.6) is 0 Å². The summed E-state index contributed by atoms with van der Waals surface area (Å²) in [4.78, 5) is 9.67. The first kappa shape index (κ1) is 18.3. The van der Waals surface area contributed by atoms with Crippen molar-refractivity contribution in [2.24, 2.45) is 10.4 Å². The number of rotatable bonds is 3. The Morgan fingerprint density at radius 1 is 1.18 bits per heavy atom. The van der Waals surface area contributed by atoms with Gasteiger partial charge in [0.1, 0.15) is 0 Å². The normalized spacial score (nSPS) is 28.4. The highest BCUT2D eigenvalue weighted by Crippen LogP contribution is 2.47. The second kappa shape index (κ2) is 8.18. The summed E-state index contributed by atoms with van der Waals surface area (Å²) in [6.45, 7) is 8.22. The van der Waals surface area contributed by atoms with Crippen LogP contribution in [0, 0.1) is 5.41 Å². The Bertz CT molecular complexity index is 381. The lowest BCUT2D eigenvalue weighted by molar-refractivity contribution is 0.149. The van der Waals surface area contributed by atoms with E-state index in [1.165, 1.54) is 71.1 Å². The number of hydrogen-bond donors (Lipinski definition) is 1. The van der Waals surface area contributed by atoms with Crippen LogP contribution in [0.4, 0.5) is 0 Å². The molecule has 0 radical (unpaired) electrons. The quantitative estimate of drug-likeness (QED) is 0.433. The number of nitrogens with one attached hydrogen (secondary N) is 1. The van der Waals surface area contributed by atoms with Gasteiger partial charge in [0.15, 0.2) is 5.96 Å². The number of aliphatic imine (C=N–C) groups is 1. The van der Waals surface area contributed by atoms with Crippen LogP contribution in [-0.4, -0.2) is 61.6 Å². The van der Waals surface area contributed by atoms with Crippen LogP contribution in [0.15, 0.2) is 4.99 Å². The van der Waals surface area contributed by atoms with E-state index in [-0.39, 0.29) is 24.0 Å². The van der Waals surface area contributed by atoms with Crippen molar-refractivity contribution in [1.29, 1.82) is 0 Å². The fourth-order valence-electron chi connectivity index (χ4n) is 4.45. The molecule has 0 aromatic rings. The van der Waals surface area contributed by atoms with Crippen LogP contribution in [-0.2, 0) is 0 Å². The summed E-state index contributed by atoms with van der Waals surface area (Å²) in [5.74, 6) is 1.14. The fourth-order valence-corrected chi connectivity index (χ4v) is 4.45. The molecule has 1 atom stereocenters. The van der Waals surface area contributed by atoms with Gasteiger partial charge in [-0.1, -0.05) is 19.8 Å². The molecular weight excluding hydrogens is 387 g/mol. The van der Waals surface area contributed by atoms with Gasteiger partial charge in [0.05, 0.1) is 0 Å². The van der Waals surface area contributed by atoms with Gasteiger partial charge in [0, 0.05) is 32.7 Å². The summed E-state index contributed by atoms with van der Waals surface area (Å²) in [5, 5.41) is 3.67. The van der Waals surface area contributed by atoms with Gasteiger partial charge in [-0.15, -0.1) is 24.0 Å². The van der Waals surface area contributed by atoms with Crippen molar-refractivity contribution in [2.75, 3.05) is 39.8 Å². The standard InChI is InChI=1S/C17H32N4.HI/c1-3-20-11-5-4-7-15(20)13-19-16(18-2)21-12-10-17(14-21)8-6-9-17;/h15H,3-14H2,1-2H3,(H,18,19);1H. The molecule has 22 heavy (non-hydrogen) atoms. The maximum atomic E-state index is 4.54. The van der Waals surface area contributed by atoms with E-state index in [4.69, 9.17) is 0 Å². The average molecular weight is 420 g/mol. The molecule has 0 aromatic carbocycles. The summed E-state index contributed by atoms with van der Waals surface area (Å²) in [5.41, 5.74) is 0.651. The number of likely N-dealkylation sites (N-methyl/N-ethyl adjacent to an activating group) is 1. The van der Waals surface area contributed by atoms with Crippen molar-refractivity contribution in [1.82, 2.24) is 15.1 Å². The molecule has 128 valence electrons. The summed E-state index contributed by atoms with van der Waals surface area (Å²) < 4.78 is 0. The molecule has 4 nitrogen and oxygen atoms in total. The molecule has 0 bridgehead atoms. The minimum atomic E-state index is 0. The second-order valence-corrected chi connectivity index (χ2v) is 7.23. The molecule has 0 amide bonds. The van der Waals surface area contributed by atoms with E-state index in [2.05, 4.69) is 27.0 Å². The van der Waals surface area contributed by atoms with E-state index >= 15 is 0 Å². The third kappa shape index (κ3) is 3.89. The number of likely N-dealkylation sites (tertiary alicyclic amines) is 2. The van der Waals surface area contributed by atoms with Crippen molar-refractivity contribution in [3.63, 3.8) is 0 Å². The Kier molecular flexibility index (Phi) is 6.80. The van der Waals surface area contributed by atoms with Gasteiger partial charge in [-0.2, -0.15) is 0 Å². The van der Waals surface area contributed by atoms with Crippen molar-refractivity contribution in [3.8, 4) is 0 Å². The van der Waals surface area contributed by atoms with E-state index in [1.54, 1.807) is 0 Å². The van der Waals surface area contributed by atoms with Crippen LogP contribution in [0.25, 0.3) is 0 Å². The van der Waals surface area contributed by atoms with Gasteiger partial charge in [0.2, 0.25) is 0 Å². The molecule has 3 fully saturated rings. The van der Waals surface area contributed by atoms with E-state index in [0.29, 0.717) is 11.5 Å². The lowest BCUT2D eigenvalue weighted by Gasteiger charge is -2.38. The summed E-state index contributed by atoms with van der Waals surface area (Å²) in [6, 6.07) is 0.695. The number of hydrogen-bond acceptors (Lipinski definition) is 2. The van der Waals surface area contributed by atoms with Gasteiger partial charge in [-0.25, -0.2) is 0 Å². The van der Waals surface area contributed by atoms with Gasteiger partial charge in [0.25, 0.3) is 0 Å². The van der Waals surface area contributed by atoms with Crippen LogP contribution < -0.4 is 5.32 Å². The fraction of sp³-hybridized carbons (Fsp3) is 0.941. The Morgan fingerprint density at radius 3 is 2.59 bits per heavy atom. The molecule has 1 unspecified atom stereocenters. The molecular formula is C17H33IN4. The third-order valence-corrected chi connectivity index (χ3v) is 6.01. The molecule has 0 aromatic heterocycles. The topological polar surface area (TPSA) is 30.9 Å². The summed E-state index contributed by atoms with van der Waals surface area (Å²) in [7, 11) is 1.94. The summed E-state index contributed by atoms with van der Waals surface area (Å²) >= 11 is 0. The highest BCUT2D eigenvalue weighted by Gasteiger charge is 2.43. The maximum absolute atomic E-state index is 4.54. The molecule has 3 aliphatic rings. The van der Waals surface area contributed by atoms with Gasteiger partial charge >= 0.3 is 0 Å². The monoisotopic (exact) mass is 420 g/mol. The molecule has 2 saturated heterocycles. The van der Waals surface area contributed by atoms with Crippen LogP contribution in [0.2, 0.25) is 0 Å². The highest BCUT2D eigenvalue weighted by atomic mass is 127. The molecule has 1 aliphatic carbocycles. The van der Waals surface area contributed by atoms with Crippen LogP contribution in [0.3, 0.4) is 0 Å². The van der Waals surface area contributed by atoms with Crippen molar-refractivity contribution >= 4 is 29.9 Å². The first-order valence-electron chi connectivity index (χ1n) is 8.96. The molecule has 3 rings (SSSR count). The lowest BCUT2D eigenvalue weighted by atomic mass is 9.68. The zero-order chi connectivity index (χ0) is 14.7. The number of halogens is 1. The van der Waals surface area contributed by atoms with Crippen LogP contribution >= 0.6 is 24.0 Å². The summed E-state index contributed by atoms with van der Waals surface area (Å²) in [6.07, 6.45) is 9.77. The zero-order valence-electron chi connectivity index (χ0n) is 14.3. The van der Waals surface area contributed by atoms with Gasteiger partial charge in [-0.3, -0.25) is 9.89 Å². The van der Waals surface area contributed by atoms with Crippen molar-refractivity contribution in [2.45, 2.75) is 57.9 Å². The first-order chi connectivity index (χ1) is 10.3. The third-order valence-electron chi connectivity index (χ3n) is 6.01. The van der Waals surface area contributed by atoms with Crippen molar-refractivity contribution in [3.05, 3.63) is 0 Å². The maximum Gasteiger partial charge on any atom is 0.193 e. The smallest absolute Gasteiger partial charge is 0.193 e. The number of piperidine rings is 1. The first-order valence-corrected chi connectivity index (χ1v) is 8.96. The van der Waals surface area contributed by atoms with Crippen LogP contribution in [0.1, 0.15) is 51.9 Å². The van der Waals surface area contributed by atoms with Crippen molar-refractivity contribution < 1.29 is 0 Å². The van der Waals surface area contributed by atoms with E-state index < -0.39 is 0 Å². The lowest BCUT2D eigenvalue weighted by Crippen LogP contribution is -2.50. The Balaban J connectivity index is 0.00000176. The predicted molar refractivity (Wildman–Crippen MR) is 104 cm³/mol. The highest BCUT2D eigenvalue weighted by molar-refractivity contribution is 14.0. The second-order valence-electron chi connectivity index (χ2n) is 7.23. The molecule has 5 heteroatoms.